The van der Waals surface area contributed by atoms with Crippen LogP contribution >= 0.6 is 0 Å². The molecule has 0 atom stereocenters. The maximum absolute atomic E-state index is 11.2. The molecule has 1 aliphatic heterocycles. The summed E-state index contributed by atoms with van der Waals surface area (Å²) >= 11 is 0. The number of fused-ring (bicyclic) bond motifs is 1. The maximum Gasteiger partial charge on any atom is 0.293 e. The van der Waals surface area contributed by atoms with E-state index in [0.717, 1.165) is 10.8 Å². The van der Waals surface area contributed by atoms with Crippen molar-refractivity contribution in [3.8, 4) is 0 Å². The quantitative estimate of drug-likeness (QED) is 0.609. The molecule has 1 aromatic carbocycles. The minimum absolute atomic E-state index is 0.139. The smallest absolute Gasteiger partial charge is 0.293 e. The number of nitrogens with zero attached hydrogens (tertiary/aromatic N) is 3. The Morgan fingerprint density at radius 2 is 2.05 bits per heavy atom. The first kappa shape index (κ1) is 11.9. The lowest BCUT2D eigenvalue weighted by Gasteiger charge is -2.28. The number of pyridine rings is 1. The molecule has 0 radical (unpaired) electrons. The van der Waals surface area contributed by atoms with E-state index in [1.54, 1.807) is 24.5 Å². The van der Waals surface area contributed by atoms with Crippen LogP contribution in [0.15, 0.2) is 30.6 Å². The van der Waals surface area contributed by atoms with Gasteiger partial charge in [0.15, 0.2) is 0 Å². The molecule has 1 aliphatic rings. The van der Waals surface area contributed by atoms with Crippen molar-refractivity contribution < 1.29 is 9.66 Å². The molecule has 0 spiro atoms. The van der Waals surface area contributed by atoms with Gasteiger partial charge in [0.25, 0.3) is 5.69 Å². The van der Waals surface area contributed by atoms with Gasteiger partial charge in [-0.05, 0) is 17.5 Å². The first-order valence-corrected chi connectivity index (χ1v) is 6.10. The second-order valence-corrected chi connectivity index (χ2v) is 4.42. The molecule has 0 amide bonds. The van der Waals surface area contributed by atoms with Crippen LogP contribution in [-0.4, -0.2) is 36.2 Å². The highest BCUT2D eigenvalue weighted by molar-refractivity contribution is 5.89. The van der Waals surface area contributed by atoms with Crippen LogP contribution in [0.4, 0.5) is 11.4 Å². The molecule has 2 heterocycles. The zero-order chi connectivity index (χ0) is 13.2. The zero-order valence-corrected chi connectivity index (χ0v) is 10.3. The molecule has 1 fully saturated rings. The summed E-state index contributed by atoms with van der Waals surface area (Å²) in [5, 5.41) is 13.0. The predicted octanol–water partition coefficient (Wildman–Crippen LogP) is 1.98. The van der Waals surface area contributed by atoms with Crippen LogP contribution in [0.2, 0.25) is 0 Å². The first-order valence-electron chi connectivity index (χ1n) is 6.10. The molecule has 98 valence electrons. The zero-order valence-electron chi connectivity index (χ0n) is 10.3. The van der Waals surface area contributed by atoms with Crippen LogP contribution in [0.5, 0.6) is 0 Å². The number of ether oxygens (including phenoxy) is 1. The molecule has 6 heteroatoms. The molecular weight excluding hydrogens is 246 g/mol. The Hall–Kier alpha value is -2.21. The number of hydrogen-bond donors (Lipinski definition) is 0. The minimum Gasteiger partial charge on any atom is -0.378 e. The number of nitro groups is 1. The van der Waals surface area contributed by atoms with Gasteiger partial charge < -0.3 is 9.64 Å². The van der Waals surface area contributed by atoms with Crippen molar-refractivity contribution in [1.29, 1.82) is 0 Å². The van der Waals surface area contributed by atoms with Gasteiger partial charge in [-0.15, -0.1) is 0 Å². The summed E-state index contributed by atoms with van der Waals surface area (Å²) in [4.78, 5) is 17.0. The fraction of sp³-hybridized carbons (Fsp3) is 0.308. The fourth-order valence-corrected chi connectivity index (χ4v) is 2.32. The summed E-state index contributed by atoms with van der Waals surface area (Å²) in [7, 11) is 0. The molecule has 1 aromatic heterocycles. The number of nitro benzene ring substituents is 1. The van der Waals surface area contributed by atoms with Crippen LogP contribution in [0, 0.1) is 10.1 Å². The van der Waals surface area contributed by atoms with Gasteiger partial charge in [-0.2, -0.15) is 0 Å². The molecule has 6 nitrogen and oxygen atoms in total. The van der Waals surface area contributed by atoms with Gasteiger partial charge in [-0.1, -0.05) is 0 Å². The highest BCUT2D eigenvalue weighted by atomic mass is 16.6. The molecule has 19 heavy (non-hydrogen) atoms. The maximum atomic E-state index is 11.2. The first-order chi connectivity index (χ1) is 9.25. The number of hydrogen-bond acceptors (Lipinski definition) is 5. The third-order valence-corrected chi connectivity index (χ3v) is 3.28. The van der Waals surface area contributed by atoms with E-state index in [0.29, 0.717) is 32.0 Å². The van der Waals surface area contributed by atoms with Gasteiger partial charge in [0.1, 0.15) is 5.69 Å². The lowest BCUT2D eigenvalue weighted by Crippen LogP contribution is -2.36. The Morgan fingerprint density at radius 1 is 1.26 bits per heavy atom. The molecule has 1 saturated heterocycles. The van der Waals surface area contributed by atoms with Crippen molar-refractivity contribution >= 4 is 22.1 Å². The average Bonchev–Trinajstić information content (AvgIpc) is 2.46. The molecule has 0 aliphatic carbocycles. The number of anilines is 1. The summed E-state index contributed by atoms with van der Waals surface area (Å²) in [6.45, 7) is 2.55. The molecule has 0 unspecified atom stereocenters. The minimum atomic E-state index is -0.329. The van der Waals surface area contributed by atoms with Gasteiger partial charge in [0, 0.05) is 36.9 Å². The van der Waals surface area contributed by atoms with Crippen molar-refractivity contribution in [3.05, 3.63) is 40.7 Å². The second-order valence-electron chi connectivity index (χ2n) is 4.42. The van der Waals surface area contributed by atoms with Gasteiger partial charge in [0.05, 0.1) is 18.1 Å². The largest absolute Gasteiger partial charge is 0.378 e. The lowest BCUT2D eigenvalue weighted by atomic mass is 10.1. The standard InChI is InChI=1S/C13H13N3O3/c17-16(18)13-7-10-1-2-14-9-11(10)8-12(13)15-3-5-19-6-4-15/h1-2,7-9H,3-6H2. The van der Waals surface area contributed by atoms with Crippen LogP contribution in [-0.2, 0) is 4.74 Å². The molecule has 3 rings (SSSR count). The summed E-state index contributed by atoms with van der Waals surface area (Å²) in [5.74, 6) is 0. The van der Waals surface area contributed by atoms with E-state index in [-0.39, 0.29) is 10.6 Å². The number of rotatable bonds is 2. The van der Waals surface area contributed by atoms with E-state index < -0.39 is 0 Å². The van der Waals surface area contributed by atoms with Gasteiger partial charge in [0.2, 0.25) is 0 Å². The van der Waals surface area contributed by atoms with Crippen LogP contribution < -0.4 is 4.90 Å². The molecule has 2 aromatic rings. The molecule has 0 N–H and O–H groups in total. The number of benzene rings is 1. The van der Waals surface area contributed by atoms with Crippen LogP contribution in [0.25, 0.3) is 10.8 Å². The van der Waals surface area contributed by atoms with E-state index in [1.165, 1.54) is 0 Å². The number of morpholine rings is 1. The summed E-state index contributed by atoms with van der Waals surface area (Å²) < 4.78 is 5.29. The van der Waals surface area contributed by atoms with Crippen LogP contribution in [0.1, 0.15) is 0 Å². The van der Waals surface area contributed by atoms with E-state index in [9.17, 15) is 10.1 Å². The van der Waals surface area contributed by atoms with Gasteiger partial charge in [-0.25, -0.2) is 0 Å². The van der Waals surface area contributed by atoms with Crippen molar-refractivity contribution in [2.45, 2.75) is 0 Å². The number of aromatic nitrogens is 1. The van der Waals surface area contributed by atoms with E-state index in [4.69, 9.17) is 4.74 Å². The van der Waals surface area contributed by atoms with Crippen molar-refractivity contribution in [3.63, 3.8) is 0 Å². The van der Waals surface area contributed by atoms with E-state index in [2.05, 4.69) is 4.98 Å². The highest BCUT2D eigenvalue weighted by Crippen LogP contribution is 2.33. The topological polar surface area (TPSA) is 68.5 Å². The SMILES string of the molecule is O=[N+]([O-])c1cc2ccncc2cc1N1CCOCC1. The molecular formula is C13H13N3O3. The fourth-order valence-electron chi connectivity index (χ4n) is 2.32. The Labute approximate surface area is 109 Å². The summed E-state index contributed by atoms with van der Waals surface area (Å²) in [6, 6.07) is 5.24. The van der Waals surface area contributed by atoms with Crippen molar-refractivity contribution in [2.24, 2.45) is 0 Å². The predicted molar refractivity (Wildman–Crippen MR) is 71.4 cm³/mol. The van der Waals surface area contributed by atoms with E-state index in [1.807, 2.05) is 11.0 Å². The Morgan fingerprint density at radius 3 is 2.79 bits per heavy atom. The summed E-state index contributed by atoms with van der Waals surface area (Å²) in [5.41, 5.74) is 0.786. The monoisotopic (exact) mass is 259 g/mol. The Bertz CT molecular complexity index is 624. The molecule has 0 bridgehead atoms. The third-order valence-electron chi connectivity index (χ3n) is 3.28. The van der Waals surface area contributed by atoms with Gasteiger partial charge in [-0.3, -0.25) is 15.1 Å². The Kier molecular flexibility index (Phi) is 3.00. The van der Waals surface area contributed by atoms with Gasteiger partial charge >= 0.3 is 0 Å². The van der Waals surface area contributed by atoms with Crippen LogP contribution in [0.3, 0.4) is 0 Å². The van der Waals surface area contributed by atoms with E-state index >= 15 is 0 Å². The highest BCUT2D eigenvalue weighted by Gasteiger charge is 2.22. The Balaban J connectivity index is 2.14. The molecule has 0 saturated carbocycles. The van der Waals surface area contributed by atoms with Crippen molar-refractivity contribution in [2.75, 3.05) is 31.2 Å². The second kappa shape index (κ2) is 4.81. The summed E-state index contributed by atoms with van der Waals surface area (Å²) in [6.07, 6.45) is 3.36. The average molecular weight is 259 g/mol. The lowest BCUT2D eigenvalue weighted by molar-refractivity contribution is -0.384. The van der Waals surface area contributed by atoms with Crippen molar-refractivity contribution in [1.82, 2.24) is 4.98 Å². The normalized spacial score (nSPS) is 15.7. The third kappa shape index (κ3) is 2.22.